The molecule has 0 unspecified atom stereocenters. The fourth-order valence-electron chi connectivity index (χ4n) is 3.00. The summed E-state index contributed by atoms with van der Waals surface area (Å²) in [4.78, 5) is 32.4. The first-order valence-corrected chi connectivity index (χ1v) is 9.08. The zero-order valence-corrected chi connectivity index (χ0v) is 15.6. The summed E-state index contributed by atoms with van der Waals surface area (Å²) in [5, 5.41) is 7.05. The molecule has 2 aromatic heterocycles. The van der Waals surface area contributed by atoms with E-state index >= 15 is 0 Å². The standard InChI is InChI=1S/C21H18FN5O2/c1-13(21(29)23-12-19-24-17-4-2-3-5-18(17)25-19)27-20(28)11-10-16(26-27)14-6-8-15(22)9-7-14/h2-11,13H,12H2,1H3,(H,23,29)(H,24,25)/t13-/m0/s1. The monoisotopic (exact) mass is 391 g/mol. The molecule has 29 heavy (non-hydrogen) atoms. The van der Waals surface area contributed by atoms with Gasteiger partial charge in [-0.05, 0) is 49.4 Å². The summed E-state index contributed by atoms with van der Waals surface area (Å²) in [5.74, 6) is -0.108. The lowest BCUT2D eigenvalue weighted by Crippen LogP contribution is -2.36. The van der Waals surface area contributed by atoms with Crippen LogP contribution in [-0.4, -0.2) is 25.7 Å². The van der Waals surface area contributed by atoms with Gasteiger partial charge in [-0.25, -0.2) is 14.1 Å². The molecule has 146 valence electrons. The molecule has 2 heterocycles. The molecule has 0 spiro atoms. The third-order valence-electron chi connectivity index (χ3n) is 4.58. The third-order valence-corrected chi connectivity index (χ3v) is 4.58. The lowest BCUT2D eigenvalue weighted by atomic mass is 10.1. The van der Waals surface area contributed by atoms with Gasteiger partial charge in [-0.1, -0.05) is 12.1 Å². The number of imidazole rings is 1. The van der Waals surface area contributed by atoms with Crippen LogP contribution in [0.2, 0.25) is 0 Å². The molecule has 2 aromatic carbocycles. The van der Waals surface area contributed by atoms with E-state index < -0.39 is 11.6 Å². The van der Waals surface area contributed by atoms with Crippen molar-refractivity contribution in [3.05, 3.63) is 82.7 Å². The lowest BCUT2D eigenvalue weighted by molar-refractivity contribution is -0.124. The lowest BCUT2D eigenvalue weighted by Gasteiger charge is -2.14. The molecule has 0 saturated heterocycles. The Morgan fingerprint density at radius 3 is 2.66 bits per heavy atom. The number of carbonyl (C=O) groups excluding carboxylic acids is 1. The SMILES string of the molecule is C[C@@H](C(=O)NCc1nc2ccccc2[nH]1)n1nc(-c2ccc(F)cc2)ccc1=O. The highest BCUT2D eigenvalue weighted by molar-refractivity contribution is 5.80. The number of nitrogens with zero attached hydrogens (tertiary/aromatic N) is 3. The van der Waals surface area contributed by atoms with E-state index in [9.17, 15) is 14.0 Å². The number of H-pyrrole nitrogens is 1. The third kappa shape index (κ3) is 3.91. The van der Waals surface area contributed by atoms with E-state index in [4.69, 9.17) is 0 Å². The van der Waals surface area contributed by atoms with Gasteiger partial charge in [0.1, 0.15) is 17.7 Å². The second-order valence-electron chi connectivity index (χ2n) is 6.60. The van der Waals surface area contributed by atoms with E-state index in [0.717, 1.165) is 15.7 Å². The van der Waals surface area contributed by atoms with E-state index in [-0.39, 0.29) is 18.3 Å². The maximum atomic E-state index is 13.1. The number of para-hydroxylation sites is 2. The van der Waals surface area contributed by atoms with Crippen molar-refractivity contribution in [3.8, 4) is 11.3 Å². The number of hydrogen-bond acceptors (Lipinski definition) is 4. The minimum absolute atomic E-state index is 0.199. The van der Waals surface area contributed by atoms with E-state index in [0.29, 0.717) is 17.1 Å². The van der Waals surface area contributed by atoms with E-state index in [2.05, 4.69) is 20.4 Å². The number of nitrogens with one attached hydrogen (secondary N) is 2. The fourth-order valence-corrected chi connectivity index (χ4v) is 3.00. The number of benzene rings is 2. The van der Waals surface area contributed by atoms with Gasteiger partial charge >= 0.3 is 0 Å². The first-order valence-electron chi connectivity index (χ1n) is 9.08. The number of halogens is 1. The van der Waals surface area contributed by atoms with Crippen LogP contribution in [-0.2, 0) is 11.3 Å². The molecule has 0 aliphatic carbocycles. The predicted octanol–water partition coefficient (Wildman–Crippen LogP) is 2.80. The van der Waals surface area contributed by atoms with Gasteiger partial charge < -0.3 is 10.3 Å². The Hall–Kier alpha value is -3.81. The molecule has 0 saturated carbocycles. The number of hydrogen-bond donors (Lipinski definition) is 2. The first kappa shape index (κ1) is 18.5. The largest absolute Gasteiger partial charge is 0.347 e. The molecule has 1 amide bonds. The molecule has 0 aliphatic rings. The van der Waals surface area contributed by atoms with Crippen LogP contribution in [0.1, 0.15) is 18.8 Å². The summed E-state index contributed by atoms with van der Waals surface area (Å²) >= 11 is 0. The fraction of sp³-hybridized carbons (Fsp3) is 0.143. The Kier molecular flexibility index (Phi) is 4.90. The van der Waals surface area contributed by atoms with Crippen molar-refractivity contribution in [2.45, 2.75) is 19.5 Å². The highest BCUT2D eigenvalue weighted by Crippen LogP contribution is 2.16. The van der Waals surface area contributed by atoms with Crippen molar-refractivity contribution in [1.29, 1.82) is 0 Å². The van der Waals surface area contributed by atoms with E-state index in [1.807, 2.05) is 24.3 Å². The van der Waals surface area contributed by atoms with Gasteiger partial charge in [0.15, 0.2) is 0 Å². The van der Waals surface area contributed by atoms with Gasteiger partial charge in [-0.15, -0.1) is 0 Å². The Balaban J connectivity index is 1.51. The van der Waals surface area contributed by atoms with E-state index in [1.54, 1.807) is 25.1 Å². The molecular formula is C21H18FN5O2. The second kappa shape index (κ2) is 7.67. The predicted molar refractivity (Wildman–Crippen MR) is 107 cm³/mol. The van der Waals surface area contributed by atoms with Crippen molar-refractivity contribution < 1.29 is 9.18 Å². The molecule has 4 aromatic rings. The summed E-state index contributed by atoms with van der Waals surface area (Å²) in [7, 11) is 0. The number of fused-ring (bicyclic) bond motifs is 1. The van der Waals surface area contributed by atoms with Gasteiger partial charge in [0, 0.05) is 11.6 Å². The van der Waals surface area contributed by atoms with Gasteiger partial charge in [0.05, 0.1) is 23.3 Å². The number of carbonyl (C=O) groups is 1. The summed E-state index contributed by atoms with van der Waals surface area (Å²) in [6, 6.07) is 15.4. The summed E-state index contributed by atoms with van der Waals surface area (Å²) in [6.45, 7) is 1.79. The van der Waals surface area contributed by atoms with Crippen molar-refractivity contribution in [2.24, 2.45) is 0 Å². The summed E-state index contributed by atoms with van der Waals surface area (Å²) in [6.07, 6.45) is 0. The number of amides is 1. The Bertz CT molecular complexity index is 1200. The molecular weight excluding hydrogens is 373 g/mol. The van der Waals surface area contributed by atoms with Gasteiger partial charge in [-0.3, -0.25) is 9.59 Å². The number of aromatic amines is 1. The van der Waals surface area contributed by atoms with Crippen LogP contribution in [0, 0.1) is 5.82 Å². The van der Waals surface area contributed by atoms with Gasteiger partial charge in [-0.2, -0.15) is 5.10 Å². The molecule has 4 rings (SSSR count). The maximum absolute atomic E-state index is 13.1. The molecule has 2 N–H and O–H groups in total. The maximum Gasteiger partial charge on any atom is 0.267 e. The average Bonchev–Trinajstić information content (AvgIpc) is 3.15. The summed E-state index contributed by atoms with van der Waals surface area (Å²) in [5.41, 5.74) is 2.42. The smallest absolute Gasteiger partial charge is 0.267 e. The van der Waals surface area contributed by atoms with Crippen LogP contribution in [0.25, 0.3) is 22.3 Å². The molecule has 1 atom stereocenters. The van der Waals surface area contributed by atoms with Gasteiger partial charge in [0.25, 0.3) is 5.56 Å². The van der Waals surface area contributed by atoms with Crippen molar-refractivity contribution in [3.63, 3.8) is 0 Å². The zero-order chi connectivity index (χ0) is 20.4. The van der Waals surface area contributed by atoms with Crippen LogP contribution in [0.3, 0.4) is 0 Å². The van der Waals surface area contributed by atoms with Gasteiger partial charge in [0.2, 0.25) is 5.91 Å². The minimum atomic E-state index is -0.827. The molecule has 7 nitrogen and oxygen atoms in total. The molecule has 0 radical (unpaired) electrons. The Morgan fingerprint density at radius 2 is 1.90 bits per heavy atom. The normalized spacial score (nSPS) is 12.1. The van der Waals surface area contributed by atoms with Crippen molar-refractivity contribution in [2.75, 3.05) is 0 Å². The van der Waals surface area contributed by atoms with Crippen LogP contribution in [0.15, 0.2) is 65.5 Å². The highest BCUT2D eigenvalue weighted by atomic mass is 19.1. The van der Waals surface area contributed by atoms with Crippen LogP contribution >= 0.6 is 0 Å². The van der Waals surface area contributed by atoms with Crippen molar-refractivity contribution in [1.82, 2.24) is 25.1 Å². The Morgan fingerprint density at radius 1 is 1.14 bits per heavy atom. The van der Waals surface area contributed by atoms with Crippen LogP contribution in [0.5, 0.6) is 0 Å². The molecule has 0 bridgehead atoms. The van der Waals surface area contributed by atoms with E-state index in [1.165, 1.54) is 18.2 Å². The first-order chi connectivity index (χ1) is 14.0. The summed E-state index contributed by atoms with van der Waals surface area (Å²) < 4.78 is 14.3. The molecule has 8 heteroatoms. The number of aromatic nitrogens is 4. The highest BCUT2D eigenvalue weighted by Gasteiger charge is 2.18. The average molecular weight is 391 g/mol. The van der Waals surface area contributed by atoms with Crippen LogP contribution in [0.4, 0.5) is 4.39 Å². The quantitative estimate of drug-likeness (QED) is 0.547. The minimum Gasteiger partial charge on any atom is -0.347 e. The zero-order valence-electron chi connectivity index (χ0n) is 15.6. The molecule has 0 aliphatic heterocycles. The second-order valence-corrected chi connectivity index (χ2v) is 6.60. The molecule has 0 fully saturated rings. The Labute approximate surface area is 165 Å². The number of rotatable bonds is 5. The van der Waals surface area contributed by atoms with Crippen molar-refractivity contribution >= 4 is 16.9 Å². The van der Waals surface area contributed by atoms with Crippen LogP contribution < -0.4 is 10.9 Å². The topological polar surface area (TPSA) is 92.7 Å².